The van der Waals surface area contributed by atoms with E-state index in [4.69, 9.17) is 11.5 Å². The molecule has 14 N–H and O–H groups in total. The molecule has 0 aromatic heterocycles. The first kappa shape index (κ1) is 58.8. The van der Waals surface area contributed by atoms with Crippen LogP contribution in [0.4, 0.5) is 0 Å². The van der Waals surface area contributed by atoms with Crippen molar-refractivity contribution in [3.63, 3.8) is 0 Å². The Balaban J connectivity index is 2.89. The predicted molar refractivity (Wildman–Crippen MR) is 251 cm³/mol. The van der Waals surface area contributed by atoms with Crippen LogP contribution in [0.25, 0.3) is 0 Å². The lowest BCUT2D eigenvalue weighted by Gasteiger charge is -2.29. The molecule has 0 spiro atoms. The molecule has 1 heterocycles. The smallest absolute Gasteiger partial charge is 0.326 e. The Morgan fingerprint density at radius 2 is 1.33 bits per heavy atom. The summed E-state index contributed by atoms with van der Waals surface area (Å²) in [6.07, 6.45) is 4.77. The standard InChI is InChI=1S/C45H77N11O11/c1-9-10-14-27(4)28(5)48-23-39(59)54-32(17-18-37(47)57)29(6)51-35(22-41(61)62)44(65)55-34(21-26(2)3)43(64)49-24-38(58)53-31(8)42(63)50-25-40(60)56-20-13-16-36(56)30(7)52-33(45(66)67)15-11-12-19-46/h26-27,31-36,48,51-52H,5-7,9-25,46H2,1-4,8H3,(H2,47,57)(H,49,64)(H,50,63)(H,53,58)(H,54,59)(H,55,65)(H,61,62)(H,66,67)/t27?,31?,32?,33-,34?,35-,36?/m0/s1. The molecule has 0 bridgehead atoms. The Morgan fingerprint density at radius 1 is 0.687 bits per heavy atom. The number of carbonyl (C=O) groups excluding carboxylic acids is 7. The molecule has 1 aliphatic heterocycles. The molecule has 22 nitrogen and oxygen atoms in total. The summed E-state index contributed by atoms with van der Waals surface area (Å²) in [5.74, 6) is -7.22. The number of nitrogens with zero attached hydrogens (tertiary/aromatic N) is 1. The van der Waals surface area contributed by atoms with Crippen molar-refractivity contribution in [1.82, 2.24) is 47.4 Å². The first-order chi connectivity index (χ1) is 31.5. The van der Waals surface area contributed by atoms with E-state index in [0.717, 1.165) is 19.3 Å². The summed E-state index contributed by atoms with van der Waals surface area (Å²) in [4.78, 5) is 116. The fourth-order valence-electron chi connectivity index (χ4n) is 7.17. The van der Waals surface area contributed by atoms with Gasteiger partial charge < -0.3 is 69.1 Å². The summed E-state index contributed by atoms with van der Waals surface area (Å²) in [7, 11) is 0. The monoisotopic (exact) mass is 948 g/mol. The number of unbranched alkanes of at least 4 members (excludes halogenated alkanes) is 2. The number of carbonyl (C=O) groups is 9. The van der Waals surface area contributed by atoms with Crippen molar-refractivity contribution in [3.05, 3.63) is 36.8 Å². The predicted octanol–water partition coefficient (Wildman–Crippen LogP) is -0.443. The Morgan fingerprint density at radius 3 is 1.93 bits per heavy atom. The highest BCUT2D eigenvalue weighted by Crippen LogP contribution is 2.23. The van der Waals surface area contributed by atoms with E-state index in [2.05, 4.69) is 69.2 Å². The first-order valence-electron chi connectivity index (χ1n) is 23.0. The molecule has 5 unspecified atom stereocenters. The number of allylic oxidation sites excluding steroid dienone is 1. The minimum atomic E-state index is -1.50. The quantitative estimate of drug-likeness (QED) is 0.0359. The first-order valence-corrected chi connectivity index (χ1v) is 23.0. The number of carboxylic acids is 2. The Kier molecular flexibility index (Phi) is 27.1. The zero-order valence-corrected chi connectivity index (χ0v) is 39.9. The van der Waals surface area contributed by atoms with Gasteiger partial charge >= 0.3 is 11.9 Å². The average molecular weight is 948 g/mol. The number of rotatable bonds is 35. The summed E-state index contributed by atoms with van der Waals surface area (Å²) < 4.78 is 0. The lowest BCUT2D eigenvalue weighted by Crippen LogP contribution is -2.56. The molecule has 1 saturated heterocycles. The molecule has 0 aromatic carbocycles. The van der Waals surface area contributed by atoms with Crippen molar-refractivity contribution >= 4 is 53.3 Å². The Bertz CT molecular complexity index is 1760. The van der Waals surface area contributed by atoms with Gasteiger partial charge in [0.05, 0.1) is 38.1 Å². The van der Waals surface area contributed by atoms with Crippen LogP contribution >= 0.6 is 0 Å². The van der Waals surface area contributed by atoms with Gasteiger partial charge in [-0.3, -0.25) is 38.4 Å². The van der Waals surface area contributed by atoms with E-state index in [-0.39, 0.29) is 43.3 Å². The summed E-state index contributed by atoms with van der Waals surface area (Å²) in [6, 6.07) is -6.23. The summed E-state index contributed by atoms with van der Waals surface area (Å²) in [5, 5.41) is 40.6. The second-order valence-corrected chi connectivity index (χ2v) is 17.4. The van der Waals surface area contributed by atoms with Gasteiger partial charge in [0.1, 0.15) is 24.2 Å². The van der Waals surface area contributed by atoms with E-state index >= 15 is 0 Å². The van der Waals surface area contributed by atoms with Crippen LogP contribution in [0.3, 0.4) is 0 Å². The summed E-state index contributed by atoms with van der Waals surface area (Å²) >= 11 is 0. The second-order valence-electron chi connectivity index (χ2n) is 17.4. The maximum atomic E-state index is 13.6. The number of primary amides is 1. The number of aliphatic carboxylic acids is 2. The van der Waals surface area contributed by atoms with Crippen LogP contribution in [0.15, 0.2) is 36.8 Å². The van der Waals surface area contributed by atoms with Crippen LogP contribution in [-0.4, -0.2) is 137 Å². The second kappa shape index (κ2) is 30.9. The molecule has 22 heteroatoms. The van der Waals surface area contributed by atoms with Crippen molar-refractivity contribution in [2.75, 3.05) is 32.7 Å². The highest BCUT2D eigenvalue weighted by atomic mass is 16.4. The number of likely N-dealkylation sites (tertiary alicyclic amines) is 1. The van der Waals surface area contributed by atoms with Gasteiger partial charge in [0.2, 0.25) is 41.4 Å². The fourth-order valence-corrected chi connectivity index (χ4v) is 7.17. The van der Waals surface area contributed by atoms with Gasteiger partial charge in [0, 0.05) is 30.1 Å². The van der Waals surface area contributed by atoms with Crippen LogP contribution in [0, 0.1) is 11.8 Å². The maximum absolute atomic E-state index is 13.6. The topological polar surface area (TPSA) is 346 Å². The normalized spacial score (nSPS) is 15.9. The molecular weight excluding hydrogens is 871 g/mol. The number of hydrogen-bond donors (Lipinski definition) is 12. The SMILES string of the molecule is C=C(NCC(=O)NC(CCC(N)=O)C(=C)N[C@@H](CC(=O)O)C(=O)NC(CC(C)C)C(=O)NCC(=O)NC(C)C(=O)NCC(=O)N1CCCC1C(=C)N[C@@H](CCCCN)C(=O)O)C(C)CCCC. The van der Waals surface area contributed by atoms with E-state index < -0.39 is 109 Å². The fraction of sp³-hybridized carbons (Fsp3) is 0.667. The van der Waals surface area contributed by atoms with E-state index in [9.17, 15) is 53.4 Å². The molecule has 0 aliphatic carbocycles. The number of amides is 7. The highest BCUT2D eigenvalue weighted by molar-refractivity contribution is 5.94. The van der Waals surface area contributed by atoms with E-state index in [0.29, 0.717) is 56.6 Å². The van der Waals surface area contributed by atoms with Crippen molar-refractivity contribution in [2.24, 2.45) is 23.3 Å². The van der Waals surface area contributed by atoms with Crippen LogP contribution in [0.5, 0.6) is 0 Å². The summed E-state index contributed by atoms with van der Waals surface area (Å²) in [5.41, 5.74) is 11.9. The van der Waals surface area contributed by atoms with Gasteiger partial charge in [0.15, 0.2) is 0 Å². The summed E-state index contributed by atoms with van der Waals surface area (Å²) in [6.45, 7) is 20.5. The largest absolute Gasteiger partial charge is 0.481 e. The molecular formula is C45H77N11O11. The molecule has 67 heavy (non-hydrogen) atoms. The third-order valence-electron chi connectivity index (χ3n) is 11.1. The molecule has 0 saturated carbocycles. The van der Waals surface area contributed by atoms with E-state index in [1.54, 1.807) is 13.8 Å². The zero-order chi connectivity index (χ0) is 50.8. The molecule has 7 atom stereocenters. The molecule has 1 aliphatic rings. The van der Waals surface area contributed by atoms with Gasteiger partial charge in [0.25, 0.3) is 0 Å². The van der Waals surface area contributed by atoms with E-state index in [1.807, 2.05) is 6.92 Å². The minimum absolute atomic E-state index is 0.00890. The van der Waals surface area contributed by atoms with Gasteiger partial charge in [-0.2, -0.15) is 0 Å². The molecule has 1 fully saturated rings. The highest BCUT2D eigenvalue weighted by Gasteiger charge is 2.34. The van der Waals surface area contributed by atoms with Crippen molar-refractivity contribution in [3.8, 4) is 0 Å². The minimum Gasteiger partial charge on any atom is -0.481 e. The Labute approximate surface area is 394 Å². The van der Waals surface area contributed by atoms with Gasteiger partial charge in [-0.1, -0.05) is 60.3 Å². The van der Waals surface area contributed by atoms with Crippen molar-refractivity contribution in [2.45, 2.75) is 148 Å². The molecule has 1 rings (SSSR count). The maximum Gasteiger partial charge on any atom is 0.326 e. The van der Waals surface area contributed by atoms with Crippen molar-refractivity contribution < 1.29 is 53.4 Å². The van der Waals surface area contributed by atoms with Crippen LogP contribution in [0.1, 0.15) is 112 Å². The van der Waals surface area contributed by atoms with Crippen molar-refractivity contribution in [1.29, 1.82) is 0 Å². The molecule has 0 aromatic rings. The van der Waals surface area contributed by atoms with Crippen LogP contribution < -0.4 is 54.0 Å². The zero-order valence-electron chi connectivity index (χ0n) is 39.9. The third kappa shape index (κ3) is 23.2. The lowest BCUT2D eigenvalue weighted by molar-refractivity contribution is -0.140. The van der Waals surface area contributed by atoms with Gasteiger partial charge in [-0.25, -0.2) is 4.79 Å². The average Bonchev–Trinajstić information content (AvgIpc) is 3.76. The molecule has 7 amide bonds. The molecule has 378 valence electrons. The number of hydrogen-bond acceptors (Lipinski definition) is 13. The lowest BCUT2D eigenvalue weighted by atomic mass is 10.0. The van der Waals surface area contributed by atoms with E-state index in [1.165, 1.54) is 11.8 Å². The number of nitrogens with two attached hydrogens (primary N) is 2. The third-order valence-corrected chi connectivity index (χ3v) is 11.1. The van der Waals surface area contributed by atoms with Crippen LogP contribution in [0.2, 0.25) is 0 Å². The number of carboxylic acid groups (broad SMARTS) is 2. The Hall–Kier alpha value is -6.19. The molecule has 0 radical (unpaired) electrons. The van der Waals surface area contributed by atoms with Crippen LogP contribution in [-0.2, 0) is 43.2 Å². The number of nitrogens with one attached hydrogen (secondary N) is 8. The van der Waals surface area contributed by atoms with Gasteiger partial charge in [-0.15, -0.1) is 0 Å². The van der Waals surface area contributed by atoms with Gasteiger partial charge in [-0.05, 0) is 76.7 Å².